The number of furan rings is 1. The van der Waals surface area contributed by atoms with Gasteiger partial charge in [0.15, 0.2) is 0 Å². The van der Waals surface area contributed by atoms with Crippen molar-refractivity contribution in [2.45, 2.75) is 33.0 Å². The van der Waals surface area contributed by atoms with E-state index in [1.807, 2.05) is 55.1 Å². The Morgan fingerprint density at radius 3 is 2.61 bits per heavy atom. The topological polar surface area (TPSA) is 45.8 Å². The number of aliphatic hydroxyl groups excluding tert-OH is 1. The number of aliphatic hydroxyl groups is 1. The summed E-state index contributed by atoms with van der Waals surface area (Å²) in [5, 5.41) is 10.5. The molecule has 5 heteroatoms. The molecule has 0 saturated carbocycles. The second-order valence-electron chi connectivity index (χ2n) is 7.07. The second kappa shape index (κ2) is 9.53. The number of aryl methyl sites for hydroxylation is 2. The number of hydrogen-bond donors (Lipinski definition) is 1. The molecule has 3 rings (SSSR count). The molecule has 1 N–H and O–H groups in total. The minimum atomic E-state index is -0.720. The number of benzene rings is 2. The van der Waals surface area contributed by atoms with Gasteiger partial charge in [0.25, 0.3) is 0 Å². The predicted molar refractivity (Wildman–Crippen MR) is 107 cm³/mol. The molecule has 4 nitrogen and oxygen atoms in total. The molecule has 0 bridgehead atoms. The van der Waals surface area contributed by atoms with Gasteiger partial charge in [0.2, 0.25) is 0 Å². The van der Waals surface area contributed by atoms with Crippen LogP contribution in [0.1, 0.15) is 22.5 Å². The Morgan fingerprint density at radius 1 is 1.07 bits per heavy atom. The highest BCUT2D eigenvalue weighted by atomic mass is 19.1. The van der Waals surface area contributed by atoms with Gasteiger partial charge in [-0.25, -0.2) is 4.39 Å². The van der Waals surface area contributed by atoms with E-state index in [-0.39, 0.29) is 12.4 Å². The summed E-state index contributed by atoms with van der Waals surface area (Å²) in [6.07, 6.45) is 0.887. The van der Waals surface area contributed by atoms with Crippen molar-refractivity contribution in [2.75, 3.05) is 13.2 Å². The SMILES string of the molecule is Cc1ccc(OCC(O)CN(Cc2ccco2)Cc2ccccc2F)c(C)c1. The van der Waals surface area contributed by atoms with Gasteiger partial charge in [0.1, 0.15) is 30.0 Å². The van der Waals surface area contributed by atoms with E-state index in [4.69, 9.17) is 9.15 Å². The van der Waals surface area contributed by atoms with Crippen molar-refractivity contribution in [3.63, 3.8) is 0 Å². The molecular weight excluding hydrogens is 357 g/mol. The smallest absolute Gasteiger partial charge is 0.127 e. The van der Waals surface area contributed by atoms with Crippen LogP contribution in [0.15, 0.2) is 65.3 Å². The average molecular weight is 383 g/mol. The van der Waals surface area contributed by atoms with Crippen LogP contribution in [-0.2, 0) is 13.1 Å². The summed E-state index contributed by atoms with van der Waals surface area (Å²) in [6.45, 7) is 5.35. The zero-order valence-electron chi connectivity index (χ0n) is 16.3. The maximum absolute atomic E-state index is 14.1. The molecule has 28 heavy (non-hydrogen) atoms. The fourth-order valence-corrected chi connectivity index (χ4v) is 3.17. The van der Waals surface area contributed by atoms with Crippen molar-refractivity contribution in [1.82, 2.24) is 4.90 Å². The first kappa shape index (κ1) is 20.1. The van der Waals surface area contributed by atoms with Crippen molar-refractivity contribution in [3.05, 3.63) is 89.1 Å². The second-order valence-corrected chi connectivity index (χ2v) is 7.07. The van der Waals surface area contributed by atoms with Crippen LogP contribution in [0.2, 0.25) is 0 Å². The molecule has 0 fully saturated rings. The Labute approximate surface area is 165 Å². The molecule has 1 aromatic heterocycles. The van der Waals surface area contributed by atoms with E-state index in [1.54, 1.807) is 18.4 Å². The Hall–Kier alpha value is -2.63. The highest BCUT2D eigenvalue weighted by molar-refractivity contribution is 5.35. The lowest BCUT2D eigenvalue weighted by Crippen LogP contribution is -2.35. The summed E-state index contributed by atoms with van der Waals surface area (Å²) in [5.41, 5.74) is 2.78. The Balaban J connectivity index is 1.63. The molecule has 148 valence electrons. The van der Waals surface area contributed by atoms with Crippen molar-refractivity contribution in [3.8, 4) is 5.75 Å². The van der Waals surface area contributed by atoms with E-state index >= 15 is 0 Å². The summed E-state index contributed by atoms with van der Waals surface area (Å²) in [6, 6.07) is 16.3. The lowest BCUT2D eigenvalue weighted by atomic mass is 10.1. The molecule has 0 aliphatic rings. The van der Waals surface area contributed by atoms with E-state index in [0.717, 1.165) is 17.1 Å². The maximum Gasteiger partial charge on any atom is 0.127 e. The average Bonchev–Trinajstić information content (AvgIpc) is 3.16. The summed E-state index contributed by atoms with van der Waals surface area (Å²) in [5.74, 6) is 1.27. The lowest BCUT2D eigenvalue weighted by molar-refractivity contribution is 0.0598. The first-order chi connectivity index (χ1) is 13.5. The zero-order valence-corrected chi connectivity index (χ0v) is 16.3. The number of nitrogens with zero attached hydrogens (tertiary/aromatic N) is 1. The fraction of sp³-hybridized carbons (Fsp3) is 0.304. The molecule has 3 aromatic rings. The molecule has 1 atom stereocenters. The first-order valence-electron chi connectivity index (χ1n) is 9.37. The van der Waals surface area contributed by atoms with Gasteiger partial charge in [-0.05, 0) is 43.7 Å². The summed E-state index contributed by atoms with van der Waals surface area (Å²) in [7, 11) is 0. The number of halogens is 1. The Bertz CT molecular complexity index is 879. The molecule has 0 amide bonds. The van der Waals surface area contributed by atoms with E-state index in [0.29, 0.717) is 25.2 Å². The summed E-state index contributed by atoms with van der Waals surface area (Å²) >= 11 is 0. The molecule has 0 saturated heterocycles. The van der Waals surface area contributed by atoms with Crippen LogP contribution < -0.4 is 4.74 Å². The van der Waals surface area contributed by atoms with Crippen LogP contribution in [0, 0.1) is 19.7 Å². The van der Waals surface area contributed by atoms with E-state index in [9.17, 15) is 9.50 Å². The van der Waals surface area contributed by atoms with Gasteiger partial charge in [-0.3, -0.25) is 4.90 Å². The molecule has 0 radical (unpaired) electrons. The molecule has 0 aliphatic heterocycles. The largest absolute Gasteiger partial charge is 0.491 e. The third kappa shape index (κ3) is 5.68. The molecular formula is C23H26FNO3. The Kier molecular flexibility index (Phi) is 6.85. The zero-order chi connectivity index (χ0) is 19.9. The molecule has 1 heterocycles. The highest BCUT2D eigenvalue weighted by Crippen LogP contribution is 2.19. The standard InChI is InChI=1S/C23H26FNO3/c1-17-9-10-23(18(2)12-17)28-16-20(26)14-25(15-21-7-5-11-27-21)13-19-6-3-4-8-22(19)24/h3-12,20,26H,13-16H2,1-2H3. The van der Waals surface area contributed by atoms with E-state index in [1.165, 1.54) is 11.6 Å². The van der Waals surface area contributed by atoms with Crippen LogP contribution in [-0.4, -0.2) is 29.3 Å². The molecule has 2 aromatic carbocycles. The molecule has 0 spiro atoms. The van der Waals surface area contributed by atoms with Gasteiger partial charge in [0, 0.05) is 18.7 Å². The van der Waals surface area contributed by atoms with Gasteiger partial charge < -0.3 is 14.3 Å². The van der Waals surface area contributed by atoms with Crippen LogP contribution in [0.4, 0.5) is 4.39 Å². The van der Waals surface area contributed by atoms with Crippen LogP contribution >= 0.6 is 0 Å². The van der Waals surface area contributed by atoms with Crippen molar-refractivity contribution in [1.29, 1.82) is 0 Å². The summed E-state index contributed by atoms with van der Waals surface area (Å²) < 4.78 is 25.3. The number of rotatable bonds is 9. The normalized spacial score (nSPS) is 12.3. The fourth-order valence-electron chi connectivity index (χ4n) is 3.17. The molecule has 1 unspecified atom stereocenters. The predicted octanol–water partition coefficient (Wildman–Crippen LogP) is 4.48. The monoisotopic (exact) mass is 383 g/mol. The quantitative estimate of drug-likeness (QED) is 0.592. The minimum absolute atomic E-state index is 0.163. The van der Waals surface area contributed by atoms with Crippen LogP contribution in [0.3, 0.4) is 0 Å². The van der Waals surface area contributed by atoms with Crippen LogP contribution in [0.25, 0.3) is 0 Å². The number of hydrogen-bond acceptors (Lipinski definition) is 4. The first-order valence-corrected chi connectivity index (χ1v) is 9.37. The van der Waals surface area contributed by atoms with Crippen LogP contribution in [0.5, 0.6) is 5.75 Å². The van der Waals surface area contributed by atoms with Crippen molar-refractivity contribution in [2.24, 2.45) is 0 Å². The van der Waals surface area contributed by atoms with Gasteiger partial charge >= 0.3 is 0 Å². The van der Waals surface area contributed by atoms with Gasteiger partial charge in [-0.1, -0.05) is 35.9 Å². The number of ether oxygens (including phenoxy) is 1. The summed E-state index contributed by atoms with van der Waals surface area (Å²) in [4.78, 5) is 1.95. The maximum atomic E-state index is 14.1. The highest BCUT2D eigenvalue weighted by Gasteiger charge is 2.16. The van der Waals surface area contributed by atoms with Crippen molar-refractivity contribution < 1.29 is 18.7 Å². The lowest BCUT2D eigenvalue weighted by Gasteiger charge is -2.25. The van der Waals surface area contributed by atoms with Crippen molar-refractivity contribution >= 4 is 0 Å². The van der Waals surface area contributed by atoms with Gasteiger partial charge in [0.05, 0.1) is 12.8 Å². The third-order valence-electron chi connectivity index (χ3n) is 4.54. The van der Waals surface area contributed by atoms with E-state index in [2.05, 4.69) is 0 Å². The molecule has 0 aliphatic carbocycles. The minimum Gasteiger partial charge on any atom is -0.491 e. The van der Waals surface area contributed by atoms with Gasteiger partial charge in [-0.2, -0.15) is 0 Å². The van der Waals surface area contributed by atoms with E-state index < -0.39 is 6.10 Å². The third-order valence-corrected chi connectivity index (χ3v) is 4.54. The van der Waals surface area contributed by atoms with Gasteiger partial charge in [-0.15, -0.1) is 0 Å². The Morgan fingerprint density at radius 2 is 1.89 bits per heavy atom.